The van der Waals surface area contributed by atoms with Crippen LogP contribution in [-0.2, 0) is 6.54 Å². The minimum atomic E-state index is 0.587. The quantitative estimate of drug-likeness (QED) is 0.744. The maximum absolute atomic E-state index is 4.32. The lowest BCUT2D eigenvalue weighted by molar-refractivity contribution is 0.589. The molecule has 0 spiro atoms. The van der Waals surface area contributed by atoms with Crippen molar-refractivity contribution in [3.63, 3.8) is 0 Å². The summed E-state index contributed by atoms with van der Waals surface area (Å²) in [5.74, 6) is 0. The van der Waals surface area contributed by atoms with Gasteiger partial charge in [-0.1, -0.05) is 20.3 Å². The maximum Gasteiger partial charge on any atom is 0.0445 e. The zero-order valence-corrected chi connectivity index (χ0v) is 13.2. The molecule has 0 amide bonds. The second kappa shape index (κ2) is 7.63. The Labute approximate surface area is 123 Å². The number of hydrogen-bond acceptors (Lipinski definition) is 3. The van der Waals surface area contributed by atoms with E-state index in [-0.39, 0.29) is 0 Å². The van der Waals surface area contributed by atoms with Crippen LogP contribution >= 0.6 is 0 Å². The summed E-state index contributed by atoms with van der Waals surface area (Å²) in [6.45, 7) is 8.96. The molecule has 1 saturated carbocycles. The van der Waals surface area contributed by atoms with Gasteiger partial charge in [0.2, 0.25) is 0 Å². The van der Waals surface area contributed by atoms with Crippen molar-refractivity contribution in [1.82, 2.24) is 10.3 Å². The number of pyridine rings is 1. The van der Waals surface area contributed by atoms with Crippen molar-refractivity contribution in [2.24, 2.45) is 0 Å². The Bertz CT molecular complexity index is 401. The van der Waals surface area contributed by atoms with Gasteiger partial charge in [0.15, 0.2) is 0 Å². The van der Waals surface area contributed by atoms with Gasteiger partial charge in [-0.05, 0) is 38.7 Å². The first kappa shape index (κ1) is 15.3. The predicted molar refractivity (Wildman–Crippen MR) is 86.1 cm³/mol. The Hall–Kier alpha value is -1.09. The highest BCUT2D eigenvalue weighted by Crippen LogP contribution is 2.25. The van der Waals surface area contributed by atoms with Crippen LogP contribution in [0.25, 0.3) is 0 Å². The number of rotatable bonds is 9. The molecule has 1 atom stereocenters. The molecule has 1 aromatic rings. The molecular formula is C17H29N3. The first-order chi connectivity index (χ1) is 9.76. The lowest BCUT2D eigenvalue weighted by Crippen LogP contribution is -2.34. The third kappa shape index (κ3) is 4.20. The molecule has 2 rings (SSSR count). The van der Waals surface area contributed by atoms with E-state index in [1.165, 1.54) is 43.4 Å². The molecule has 0 radical (unpaired) electrons. The third-order valence-electron chi connectivity index (χ3n) is 4.22. The number of aromatic nitrogens is 1. The summed E-state index contributed by atoms with van der Waals surface area (Å²) < 4.78 is 0. The monoisotopic (exact) mass is 275 g/mol. The standard InChI is InChI=1S/C17H29N3/c1-4-6-11-20(14(3)5-2)17-9-10-18-12-15(17)13-19-16-7-8-16/h9-10,12,14,16,19H,4-8,11,13H2,1-3H3. The molecular weight excluding hydrogens is 246 g/mol. The Morgan fingerprint density at radius 2 is 2.20 bits per heavy atom. The summed E-state index contributed by atoms with van der Waals surface area (Å²) in [5, 5.41) is 3.61. The molecule has 3 nitrogen and oxygen atoms in total. The van der Waals surface area contributed by atoms with Crippen LogP contribution in [-0.4, -0.2) is 23.6 Å². The topological polar surface area (TPSA) is 28.2 Å². The normalized spacial score (nSPS) is 16.1. The van der Waals surface area contributed by atoms with Crippen molar-refractivity contribution < 1.29 is 0 Å². The number of nitrogens with one attached hydrogen (secondary N) is 1. The van der Waals surface area contributed by atoms with Gasteiger partial charge in [-0.25, -0.2) is 0 Å². The second-order valence-corrected chi connectivity index (χ2v) is 5.96. The van der Waals surface area contributed by atoms with Gasteiger partial charge in [0, 0.05) is 48.8 Å². The molecule has 1 unspecified atom stereocenters. The van der Waals surface area contributed by atoms with Crippen molar-refractivity contribution in [1.29, 1.82) is 0 Å². The molecule has 20 heavy (non-hydrogen) atoms. The molecule has 0 saturated heterocycles. The van der Waals surface area contributed by atoms with Crippen molar-refractivity contribution >= 4 is 5.69 Å². The Morgan fingerprint density at radius 3 is 2.85 bits per heavy atom. The lowest BCUT2D eigenvalue weighted by Gasteiger charge is -2.32. The largest absolute Gasteiger partial charge is 0.368 e. The fourth-order valence-corrected chi connectivity index (χ4v) is 2.51. The zero-order chi connectivity index (χ0) is 14.4. The summed E-state index contributed by atoms with van der Waals surface area (Å²) >= 11 is 0. The van der Waals surface area contributed by atoms with E-state index in [1.807, 2.05) is 12.4 Å². The molecule has 0 aliphatic heterocycles. The first-order valence-corrected chi connectivity index (χ1v) is 8.19. The number of hydrogen-bond donors (Lipinski definition) is 1. The highest BCUT2D eigenvalue weighted by atomic mass is 15.2. The van der Waals surface area contributed by atoms with E-state index in [0.29, 0.717) is 6.04 Å². The van der Waals surface area contributed by atoms with Crippen LogP contribution in [0.1, 0.15) is 58.4 Å². The van der Waals surface area contributed by atoms with Crippen LogP contribution in [0, 0.1) is 0 Å². The number of anilines is 1. The van der Waals surface area contributed by atoms with Gasteiger partial charge in [-0.15, -0.1) is 0 Å². The zero-order valence-electron chi connectivity index (χ0n) is 13.2. The molecule has 1 heterocycles. The van der Waals surface area contributed by atoms with Crippen LogP contribution in [0.5, 0.6) is 0 Å². The minimum absolute atomic E-state index is 0.587. The third-order valence-corrected chi connectivity index (χ3v) is 4.22. The minimum Gasteiger partial charge on any atom is -0.368 e. The maximum atomic E-state index is 4.32. The summed E-state index contributed by atoms with van der Waals surface area (Å²) in [4.78, 5) is 6.89. The van der Waals surface area contributed by atoms with E-state index < -0.39 is 0 Å². The fourth-order valence-electron chi connectivity index (χ4n) is 2.51. The molecule has 0 bridgehead atoms. The van der Waals surface area contributed by atoms with Gasteiger partial charge in [0.05, 0.1) is 0 Å². The molecule has 1 aliphatic carbocycles. The van der Waals surface area contributed by atoms with Crippen molar-refractivity contribution in [2.75, 3.05) is 11.4 Å². The van der Waals surface area contributed by atoms with E-state index in [2.05, 4.69) is 42.0 Å². The van der Waals surface area contributed by atoms with Crippen molar-refractivity contribution in [3.05, 3.63) is 24.0 Å². The van der Waals surface area contributed by atoms with Gasteiger partial charge >= 0.3 is 0 Å². The summed E-state index contributed by atoms with van der Waals surface area (Å²) in [5.41, 5.74) is 2.71. The van der Waals surface area contributed by atoms with E-state index in [9.17, 15) is 0 Å². The Balaban J connectivity index is 2.12. The average molecular weight is 275 g/mol. The smallest absolute Gasteiger partial charge is 0.0445 e. The van der Waals surface area contributed by atoms with Gasteiger partial charge in [0.25, 0.3) is 0 Å². The van der Waals surface area contributed by atoms with E-state index in [1.54, 1.807) is 0 Å². The van der Waals surface area contributed by atoms with Gasteiger partial charge in [-0.3, -0.25) is 4.98 Å². The highest BCUT2D eigenvalue weighted by molar-refractivity contribution is 5.53. The van der Waals surface area contributed by atoms with Gasteiger partial charge < -0.3 is 10.2 Å². The van der Waals surface area contributed by atoms with Gasteiger partial charge in [-0.2, -0.15) is 0 Å². The van der Waals surface area contributed by atoms with Gasteiger partial charge in [0.1, 0.15) is 0 Å². The Kier molecular flexibility index (Phi) is 5.84. The molecule has 3 heteroatoms. The second-order valence-electron chi connectivity index (χ2n) is 5.96. The van der Waals surface area contributed by atoms with Crippen LogP contribution in [0.2, 0.25) is 0 Å². The summed E-state index contributed by atoms with van der Waals surface area (Å²) in [7, 11) is 0. The van der Waals surface area contributed by atoms with Crippen LogP contribution in [0.15, 0.2) is 18.5 Å². The van der Waals surface area contributed by atoms with E-state index in [0.717, 1.165) is 19.1 Å². The van der Waals surface area contributed by atoms with Crippen molar-refractivity contribution in [3.8, 4) is 0 Å². The average Bonchev–Trinajstić information content (AvgIpc) is 3.30. The first-order valence-electron chi connectivity index (χ1n) is 8.19. The summed E-state index contributed by atoms with van der Waals surface area (Å²) in [6, 6.07) is 3.52. The van der Waals surface area contributed by atoms with Crippen LogP contribution in [0.3, 0.4) is 0 Å². The Morgan fingerprint density at radius 1 is 1.40 bits per heavy atom. The van der Waals surface area contributed by atoms with Crippen molar-refractivity contribution in [2.45, 2.75) is 71.5 Å². The number of nitrogens with zero attached hydrogens (tertiary/aromatic N) is 2. The fraction of sp³-hybridized carbons (Fsp3) is 0.706. The van der Waals surface area contributed by atoms with Crippen LogP contribution < -0.4 is 10.2 Å². The predicted octanol–water partition coefficient (Wildman–Crippen LogP) is 3.74. The highest BCUT2D eigenvalue weighted by Gasteiger charge is 2.21. The summed E-state index contributed by atoms with van der Waals surface area (Å²) in [6.07, 6.45) is 10.3. The van der Waals surface area contributed by atoms with E-state index in [4.69, 9.17) is 0 Å². The lowest BCUT2D eigenvalue weighted by atomic mass is 10.1. The molecule has 1 aliphatic rings. The van der Waals surface area contributed by atoms with Crippen LogP contribution in [0.4, 0.5) is 5.69 Å². The molecule has 1 fully saturated rings. The molecule has 0 aromatic carbocycles. The SMILES string of the molecule is CCCCN(c1ccncc1CNC1CC1)C(C)CC. The number of unbranched alkanes of at least 4 members (excludes halogenated alkanes) is 1. The molecule has 1 aromatic heterocycles. The molecule has 1 N–H and O–H groups in total. The molecule has 112 valence electrons. The van der Waals surface area contributed by atoms with E-state index >= 15 is 0 Å².